The minimum absolute atomic E-state index is 0.0550. The quantitative estimate of drug-likeness (QED) is 0.763. The van der Waals surface area contributed by atoms with Crippen LogP contribution in [0.15, 0.2) is 35.5 Å². The first-order valence-corrected chi connectivity index (χ1v) is 6.86. The molecule has 0 radical (unpaired) electrons. The zero-order chi connectivity index (χ0) is 14.0. The lowest BCUT2D eigenvalue weighted by Gasteiger charge is -2.09. The number of aromatic amines is 1. The van der Waals surface area contributed by atoms with Crippen molar-refractivity contribution in [2.75, 3.05) is 5.32 Å². The van der Waals surface area contributed by atoms with E-state index < -0.39 is 10.0 Å². The van der Waals surface area contributed by atoms with Gasteiger partial charge in [-0.05, 0) is 24.6 Å². The predicted molar refractivity (Wildman–Crippen MR) is 69.1 cm³/mol. The maximum atomic E-state index is 11.8. The molecule has 0 saturated carbocycles. The highest BCUT2D eigenvalue weighted by molar-refractivity contribution is 7.89. The molecule has 0 aliphatic heterocycles. The lowest BCUT2D eigenvalue weighted by atomic mass is 10.2. The van der Waals surface area contributed by atoms with E-state index in [1.54, 1.807) is 13.0 Å². The molecule has 2 rings (SSSR count). The molecule has 1 amide bonds. The molecule has 100 valence electrons. The van der Waals surface area contributed by atoms with Gasteiger partial charge in [-0.25, -0.2) is 13.6 Å². The lowest BCUT2D eigenvalue weighted by molar-refractivity contribution is 0.102. The number of rotatable bonds is 3. The number of benzene rings is 1. The monoisotopic (exact) mass is 280 g/mol. The smallest absolute Gasteiger partial charge is 0.258 e. The topological polar surface area (TPSA) is 118 Å². The summed E-state index contributed by atoms with van der Waals surface area (Å²) in [6.45, 7) is 1.75. The van der Waals surface area contributed by atoms with Crippen molar-refractivity contribution in [3.63, 3.8) is 0 Å². The summed E-state index contributed by atoms with van der Waals surface area (Å²) in [5.41, 5.74) is 1.46. The van der Waals surface area contributed by atoms with Crippen molar-refractivity contribution in [1.29, 1.82) is 0 Å². The van der Waals surface area contributed by atoms with Crippen molar-refractivity contribution in [2.24, 2.45) is 5.14 Å². The number of anilines is 1. The van der Waals surface area contributed by atoms with E-state index in [-0.39, 0.29) is 10.8 Å². The first-order valence-electron chi connectivity index (χ1n) is 5.31. The fourth-order valence-electron chi connectivity index (χ4n) is 1.48. The number of carbonyl (C=O) groups is 1. The van der Waals surface area contributed by atoms with Crippen LogP contribution >= 0.6 is 0 Å². The molecule has 1 heterocycles. The summed E-state index contributed by atoms with van der Waals surface area (Å²) < 4.78 is 22.5. The fraction of sp³-hybridized carbons (Fsp3) is 0.0909. The summed E-state index contributed by atoms with van der Waals surface area (Å²) in [4.78, 5) is 11.8. The molecule has 0 bridgehead atoms. The third-order valence-corrected chi connectivity index (χ3v) is 3.46. The Morgan fingerprint density at radius 3 is 2.74 bits per heavy atom. The van der Waals surface area contributed by atoms with E-state index >= 15 is 0 Å². The highest BCUT2D eigenvalue weighted by Gasteiger charge is 2.13. The van der Waals surface area contributed by atoms with Crippen molar-refractivity contribution in [3.05, 3.63) is 41.7 Å². The van der Waals surface area contributed by atoms with E-state index in [2.05, 4.69) is 15.5 Å². The van der Waals surface area contributed by atoms with Gasteiger partial charge in [0.2, 0.25) is 10.0 Å². The number of carbonyl (C=O) groups excluding carboxylic acids is 1. The zero-order valence-corrected chi connectivity index (χ0v) is 10.9. The first kappa shape index (κ1) is 13.2. The molecule has 0 aliphatic carbocycles. The van der Waals surface area contributed by atoms with Crippen LogP contribution in [0.3, 0.4) is 0 Å². The molecule has 4 N–H and O–H groups in total. The fourth-order valence-corrected chi connectivity index (χ4v) is 2.02. The number of H-pyrrole nitrogens is 1. The molecule has 2 aromatic rings. The van der Waals surface area contributed by atoms with Gasteiger partial charge in [0.15, 0.2) is 0 Å². The van der Waals surface area contributed by atoms with Crippen LogP contribution in [0.1, 0.15) is 15.9 Å². The second kappa shape index (κ2) is 4.82. The van der Waals surface area contributed by atoms with E-state index in [0.29, 0.717) is 11.3 Å². The van der Waals surface area contributed by atoms with Gasteiger partial charge in [-0.3, -0.25) is 9.89 Å². The number of nitrogens with two attached hydrogens (primary N) is 1. The van der Waals surface area contributed by atoms with Crippen LogP contribution in [0.5, 0.6) is 0 Å². The summed E-state index contributed by atoms with van der Waals surface area (Å²) in [5, 5.41) is 13.8. The normalized spacial score (nSPS) is 11.3. The van der Waals surface area contributed by atoms with Crippen molar-refractivity contribution >= 4 is 21.6 Å². The second-order valence-corrected chi connectivity index (χ2v) is 5.52. The third kappa shape index (κ3) is 2.98. The maximum absolute atomic E-state index is 11.8. The molecule has 0 atom stereocenters. The van der Waals surface area contributed by atoms with Crippen LogP contribution in [0.2, 0.25) is 0 Å². The molecule has 0 aliphatic rings. The van der Waals surface area contributed by atoms with Gasteiger partial charge in [0, 0.05) is 11.9 Å². The van der Waals surface area contributed by atoms with E-state index in [4.69, 9.17) is 5.14 Å². The minimum atomic E-state index is -3.80. The van der Waals surface area contributed by atoms with E-state index in [0.717, 1.165) is 5.56 Å². The SMILES string of the molecule is Cc1ccc(S(N)(=O)=O)cc1NC(=O)c1cn[nH]c1. The Morgan fingerprint density at radius 1 is 1.42 bits per heavy atom. The van der Waals surface area contributed by atoms with Crippen molar-refractivity contribution in [2.45, 2.75) is 11.8 Å². The van der Waals surface area contributed by atoms with Crippen molar-refractivity contribution in [1.82, 2.24) is 10.2 Å². The van der Waals surface area contributed by atoms with Gasteiger partial charge in [0.1, 0.15) is 0 Å². The Morgan fingerprint density at radius 2 is 2.16 bits per heavy atom. The molecule has 0 fully saturated rings. The number of hydrogen-bond acceptors (Lipinski definition) is 4. The molecular weight excluding hydrogens is 268 g/mol. The maximum Gasteiger partial charge on any atom is 0.258 e. The number of primary sulfonamides is 1. The number of amides is 1. The van der Waals surface area contributed by atoms with Gasteiger partial charge < -0.3 is 5.32 Å². The van der Waals surface area contributed by atoms with Gasteiger partial charge in [0.05, 0.1) is 16.7 Å². The Bertz CT molecular complexity index is 708. The molecular formula is C11H12N4O3S. The third-order valence-electron chi connectivity index (χ3n) is 2.55. The zero-order valence-electron chi connectivity index (χ0n) is 10.0. The van der Waals surface area contributed by atoms with Crippen molar-refractivity contribution < 1.29 is 13.2 Å². The summed E-state index contributed by atoms with van der Waals surface area (Å²) in [6.07, 6.45) is 2.81. The lowest BCUT2D eigenvalue weighted by Crippen LogP contribution is -2.15. The van der Waals surface area contributed by atoms with E-state index in [1.807, 2.05) is 0 Å². The minimum Gasteiger partial charge on any atom is -0.322 e. The molecule has 8 heteroatoms. The van der Waals surface area contributed by atoms with Crippen LogP contribution in [-0.4, -0.2) is 24.5 Å². The Balaban J connectivity index is 2.32. The predicted octanol–water partition coefficient (Wildman–Crippen LogP) is 0.618. The Hall–Kier alpha value is -2.19. The molecule has 0 unspecified atom stereocenters. The van der Waals surface area contributed by atoms with Gasteiger partial charge >= 0.3 is 0 Å². The average molecular weight is 280 g/mol. The highest BCUT2D eigenvalue weighted by Crippen LogP contribution is 2.20. The summed E-state index contributed by atoms with van der Waals surface area (Å²) in [7, 11) is -3.80. The highest BCUT2D eigenvalue weighted by atomic mass is 32.2. The number of sulfonamides is 1. The van der Waals surface area contributed by atoms with Gasteiger partial charge in [-0.15, -0.1) is 0 Å². The number of aryl methyl sites for hydroxylation is 1. The Labute approximate surface area is 109 Å². The largest absolute Gasteiger partial charge is 0.322 e. The molecule has 0 spiro atoms. The average Bonchev–Trinajstić information content (AvgIpc) is 2.84. The second-order valence-electron chi connectivity index (χ2n) is 3.96. The van der Waals surface area contributed by atoms with Gasteiger partial charge in [0.25, 0.3) is 5.91 Å². The Kier molecular flexibility index (Phi) is 3.36. The van der Waals surface area contributed by atoms with Crippen LogP contribution in [-0.2, 0) is 10.0 Å². The van der Waals surface area contributed by atoms with Crippen molar-refractivity contribution in [3.8, 4) is 0 Å². The van der Waals surface area contributed by atoms with Crippen LogP contribution in [0.4, 0.5) is 5.69 Å². The van der Waals surface area contributed by atoms with Crippen LogP contribution in [0, 0.1) is 6.92 Å². The van der Waals surface area contributed by atoms with Gasteiger partial charge in [-0.2, -0.15) is 5.10 Å². The van der Waals surface area contributed by atoms with E-state index in [9.17, 15) is 13.2 Å². The number of hydrogen-bond donors (Lipinski definition) is 3. The molecule has 19 heavy (non-hydrogen) atoms. The summed E-state index contributed by atoms with van der Waals surface area (Å²) >= 11 is 0. The summed E-state index contributed by atoms with van der Waals surface area (Å²) in [6, 6.07) is 4.28. The standard InChI is InChI=1S/C11H12N4O3S/c1-7-2-3-9(19(12,17)18)4-10(7)15-11(16)8-5-13-14-6-8/h2-6H,1H3,(H,13,14)(H,15,16)(H2,12,17,18). The van der Waals surface area contributed by atoms with Crippen LogP contribution in [0.25, 0.3) is 0 Å². The number of nitrogens with zero attached hydrogens (tertiary/aromatic N) is 1. The van der Waals surface area contributed by atoms with E-state index in [1.165, 1.54) is 24.5 Å². The molecule has 1 aromatic heterocycles. The van der Waals surface area contributed by atoms with Crippen LogP contribution < -0.4 is 10.5 Å². The number of aromatic nitrogens is 2. The molecule has 7 nitrogen and oxygen atoms in total. The molecule has 1 aromatic carbocycles. The molecule has 0 saturated heterocycles. The number of nitrogens with one attached hydrogen (secondary N) is 2. The van der Waals surface area contributed by atoms with Gasteiger partial charge in [-0.1, -0.05) is 6.07 Å². The summed E-state index contributed by atoms with van der Waals surface area (Å²) in [5.74, 6) is -0.386. The first-order chi connectivity index (χ1) is 8.88.